The minimum atomic E-state index is -0.722. The molecule has 2 rings (SSSR count). The van der Waals surface area contributed by atoms with E-state index >= 15 is 0 Å². The Morgan fingerprint density at radius 3 is 2.57 bits per heavy atom. The SMILES string of the molecule is COc1ccc(OC)c(C2CC(C)(C)CCC2C(=O)O)c1. The van der Waals surface area contributed by atoms with Gasteiger partial charge in [-0.1, -0.05) is 13.8 Å². The van der Waals surface area contributed by atoms with Crippen LogP contribution in [0, 0.1) is 11.3 Å². The normalized spacial score (nSPS) is 24.4. The van der Waals surface area contributed by atoms with E-state index in [-0.39, 0.29) is 17.3 Å². The van der Waals surface area contributed by atoms with Gasteiger partial charge in [-0.3, -0.25) is 4.79 Å². The second kappa shape index (κ2) is 5.96. The lowest BCUT2D eigenvalue weighted by Crippen LogP contribution is -2.33. The van der Waals surface area contributed by atoms with Gasteiger partial charge in [0.1, 0.15) is 11.5 Å². The second-order valence-corrected chi connectivity index (χ2v) is 6.57. The highest BCUT2D eigenvalue weighted by Gasteiger charge is 2.40. The highest BCUT2D eigenvalue weighted by molar-refractivity contribution is 5.72. The third-order valence-electron chi connectivity index (χ3n) is 4.54. The van der Waals surface area contributed by atoms with E-state index < -0.39 is 5.97 Å². The summed E-state index contributed by atoms with van der Waals surface area (Å²) in [5, 5.41) is 9.56. The fourth-order valence-corrected chi connectivity index (χ4v) is 3.34. The van der Waals surface area contributed by atoms with E-state index in [1.165, 1.54) is 0 Å². The Hall–Kier alpha value is -1.71. The van der Waals surface area contributed by atoms with Crippen LogP contribution in [0.15, 0.2) is 18.2 Å². The van der Waals surface area contributed by atoms with Crippen molar-refractivity contribution in [2.24, 2.45) is 11.3 Å². The number of benzene rings is 1. The predicted octanol–water partition coefficient (Wildman–Crippen LogP) is 3.70. The van der Waals surface area contributed by atoms with Crippen LogP contribution in [0.4, 0.5) is 0 Å². The van der Waals surface area contributed by atoms with Gasteiger partial charge < -0.3 is 14.6 Å². The molecular weight excluding hydrogens is 268 g/mol. The molecule has 1 N–H and O–H groups in total. The maximum Gasteiger partial charge on any atom is 0.307 e. The Morgan fingerprint density at radius 1 is 1.29 bits per heavy atom. The molecule has 1 aromatic carbocycles. The molecule has 1 fully saturated rings. The lowest BCUT2D eigenvalue weighted by atomic mass is 9.65. The van der Waals surface area contributed by atoms with E-state index in [0.717, 1.165) is 29.9 Å². The molecule has 0 saturated heterocycles. The van der Waals surface area contributed by atoms with Crippen LogP contribution in [-0.2, 0) is 4.79 Å². The van der Waals surface area contributed by atoms with Crippen molar-refractivity contribution in [1.29, 1.82) is 0 Å². The quantitative estimate of drug-likeness (QED) is 0.919. The molecule has 0 aromatic heterocycles. The molecule has 116 valence electrons. The summed E-state index contributed by atoms with van der Waals surface area (Å²) in [6.07, 6.45) is 2.48. The zero-order chi connectivity index (χ0) is 15.6. The van der Waals surface area contributed by atoms with Gasteiger partial charge in [0.15, 0.2) is 0 Å². The van der Waals surface area contributed by atoms with Crippen LogP contribution in [0.2, 0.25) is 0 Å². The van der Waals surface area contributed by atoms with Crippen molar-refractivity contribution >= 4 is 5.97 Å². The van der Waals surface area contributed by atoms with E-state index in [4.69, 9.17) is 9.47 Å². The minimum absolute atomic E-state index is 0.0451. The van der Waals surface area contributed by atoms with Crippen LogP contribution in [0.5, 0.6) is 11.5 Å². The number of rotatable bonds is 4. The van der Waals surface area contributed by atoms with Crippen LogP contribution in [0.25, 0.3) is 0 Å². The monoisotopic (exact) mass is 292 g/mol. The molecule has 4 heteroatoms. The Labute approximate surface area is 126 Å². The smallest absolute Gasteiger partial charge is 0.307 e. The maximum atomic E-state index is 11.6. The molecule has 4 nitrogen and oxygen atoms in total. The third kappa shape index (κ3) is 3.31. The van der Waals surface area contributed by atoms with Crippen molar-refractivity contribution in [3.05, 3.63) is 23.8 Å². The topological polar surface area (TPSA) is 55.8 Å². The number of aliphatic carboxylic acids is 1. The lowest BCUT2D eigenvalue weighted by Gasteiger charge is -2.39. The largest absolute Gasteiger partial charge is 0.497 e. The van der Waals surface area contributed by atoms with Crippen LogP contribution in [0.3, 0.4) is 0 Å². The summed E-state index contributed by atoms with van der Waals surface area (Å²) in [7, 11) is 3.24. The van der Waals surface area contributed by atoms with E-state index in [9.17, 15) is 9.90 Å². The summed E-state index contributed by atoms with van der Waals surface area (Å²) in [6, 6.07) is 5.61. The molecule has 0 aliphatic heterocycles. The molecule has 0 amide bonds. The Bertz CT molecular complexity index is 522. The van der Waals surface area contributed by atoms with Crippen molar-refractivity contribution in [1.82, 2.24) is 0 Å². The predicted molar refractivity (Wildman–Crippen MR) is 81.0 cm³/mol. The number of carboxylic acids is 1. The Kier molecular flexibility index (Phi) is 4.45. The molecule has 1 saturated carbocycles. The summed E-state index contributed by atoms with van der Waals surface area (Å²) in [4.78, 5) is 11.6. The van der Waals surface area contributed by atoms with Gasteiger partial charge >= 0.3 is 5.97 Å². The molecule has 2 atom stereocenters. The van der Waals surface area contributed by atoms with Crippen LogP contribution in [-0.4, -0.2) is 25.3 Å². The molecule has 1 aromatic rings. The van der Waals surface area contributed by atoms with E-state index in [1.54, 1.807) is 14.2 Å². The van der Waals surface area contributed by atoms with Gasteiger partial charge in [0.2, 0.25) is 0 Å². The fraction of sp³-hybridized carbons (Fsp3) is 0.588. The maximum absolute atomic E-state index is 11.6. The molecule has 0 heterocycles. The fourth-order valence-electron chi connectivity index (χ4n) is 3.34. The van der Waals surface area contributed by atoms with Crippen molar-refractivity contribution in [2.45, 2.75) is 39.0 Å². The Morgan fingerprint density at radius 2 is 2.00 bits per heavy atom. The third-order valence-corrected chi connectivity index (χ3v) is 4.54. The number of methoxy groups -OCH3 is 2. The first-order valence-corrected chi connectivity index (χ1v) is 7.32. The van der Waals surface area contributed by atoms with Crippen molar-refractivity contribution < 1.29 is 19.4 Å². The van der Waals surface area contributed by atoms with Gasteiger partial charge in [-0.25, -0.2) is 0 Å². The van der Waals surface area contributed by atoms with Crippen LogP contribution < -0.4 is 9.47 Å². The molecule has 0 radical (unpaired) electrons. The zero-order valence-electron chi connectivity index (χ0n) is 13.2. The molecule has 1 aliphatic carbocycles. The van der Waals surface area contributed by atoms with Gasteiger partial charge in [-0.05, 0) is 42.9 Å². The first-order valence-electron chi connectivity index (χ1n) is 7.32. The molecule has 2 unspecified atom stereocenters. The summed E-state index contributed by atoms with van der Waals surface area (Å²) in [5.74, 6) is 0.346. The average molecular weight is 292 g/mol. The molecule has 1 aliphatic rings. The van der Waals surface area contributed by atoms with Crippen molar-refractivity contribution in [3.63, 3.8) is 0 Å². The Balaban J connectivity index is 2.46. The van der Waals surface area contributed by atoms with E-state index in [1.807, 2.05) is 18.2 Å². The molecular formula is C17H24O4. The molecule has 21 heavy (non-hydrogen) atoms. The zero-order valence-corrected chi connectivity index (χ0v) is 13.2. The van der Waals surface area contributed by atoms with Gasteiger partial charge in [0.25, 0.3) is 0 Å². The van der Waals surface area contributed by atoms with Gasteiger partial charge in [0, 0.05) is 11.5 Å². The number of hydrogen-bond acceptors (Lipinski definition) is 3. The molecule has 0 spiro atoms. The number of ether oxygens (including phenoxy) is 2. The highest BCUT2D eigenvalue weighted by Crippen LogP contribution is 2.49. The summed E-state index contributed by atoms with van der Waals surface area (Å²) in [6.45, 7) is 4.40. The van der Waals surface area contributed by atoms with Crippen LogP contribution in [0.1, 0.15) is 44.6 Å². The first kappa shape index (κ1) is 15.7. The summed E-state index contributed by atoms with van der Waals surface area (Å²) >= 11 is 0. The summed E-state index contributed by atoms with van der Waals surface area (Å²) < 4.78 is 10.7. The highest BCUT2D eigenvalue weighted by atomic mass is 16.5. The van der Waals surface area contributed by atoms with Gasteiger partial charge in [-0.15, -0.1) is 0 Å². The average Bonchev–Trinajstić information content (AvgIpc) is 2.45. The van der Waals surface area contributed by atoms with E-state index in [0.29, 0.717) is 6.42 Å². The first-order chi connectivity index (χ1) is 9.88. The van der Waals surface area contributed by atoms with Gasteiger partial charge in [0.05, 0.1) is 20.1 Å². The number of carbonyl (C=O) groups is 1. The van der Waals surface area contributed by atoms with Crippen molar-refractivity contribution in [2.75, 3.05) is 14.2 Å². The standard InChI is InChI=1S/C17H24O4/c1-17(2)8-7-12(16(18)19)14(10-17)13-9-11(20-3)5-6-15(13)21-4/h5-6,9,12,14H,7-8,10H2,1-4H3,(H,18,19). The second-order valence-electron chi connectivity index (χ2n) is 6.57. The van der Waals surface area contributed by atoms with E-state index in [2.05, 4.69) is 13.8 Å². The number of carboxylic acid groups (broad SMARTS) is 1. The van der Waals surface area contributed by atoms with Gasteiger partial charge in [-0.2, -0.15) is 0 Å². The van der Waals surface area contributed by atoms with Crippen LogP contribution >= 0.6 is 0 Å². The lowest BCUT2D eigenvalue weighted by molar-refractivity contribution is -0.144. The molecule has 0 bridgehead atoms. The number of hydrogen-bond donors (Lipinski definition) is 1. The summed E-state index contributed by atoms with van der Waals surface area (Å²) in [5.41, 5.74) is 1.09. The minimum Gasteiger partial charge on any atom is -0.497 e. The van der Waals surface area contributed by atoms with Crippen molar-refractivity contribution in [3.8, 4) is 11.5 Å².